The Labute approximate surface area is 185 Å². The maximum atomic E-state index is 13.7. The molecule has 4 rings (SSSR count). The Bertz CT molecular complexity index is 871. The van der Waals surface area contributed by atoms with E-state index in [4.69, 9.17) is 16.3 Å². The SMILES string of the molecule is O=C1c2cc(Br)cc(Br)c2OCC1(CN1CCCC1)Sc1ccc(Cl)cc1. The van der Waals surface area contributed by atoms with Crippen LogP contribution in [0.1, 0.15) is 23.2 Å². The van der Waals surface area contributed by atoms with Crippen molar-refractivity contribution in [2.45, 2.75) is 22.5 Å². The summed E-state index contributed by atoms with van der Waals surface area (Å²) >= 11 is 14.6. The highest BCUT2D eigenvalue weighted by Gasteiger charge is 2.47. The number of rotatable bonds is 4. The van der Waals surface area contributed by atoms with Gasteiger partial charge in [-0.3, -0.25) is 4.79 Å². The van der Waals surface area contributed by atoms with Crippen molar-refractivity contribution in [2.24, 2.45) is 0 Å². The van der Waals surface area contributed by atoms with Crippen LogP contribution >= 0.6 is 55.2 Å². The molecule has 1 atom stereocenters. The summed E-state index contributed by atoms with van der Waals surface area (Å²) < 4.78 is 7.12. The van der Waals surface area contributed by atoms with Gasteiger partial charge >= 0.3 is 0 Å². The summed E-state index contributed by atoms with van der Waals surface area (Å²) in [5.74, 6) is 0.759. The molecule has 0 radical (unpaired) electrons. The fraction of sp³-hybridized carbons (Fsp3) is 0.350. The second kappa shape index (κ2) is 8.07. The van der Waals surface area contributed by atoms with Crippen molar-refractivity contribution in [3.63, 3.8) is 0 Å². The Kier molecular flexibility index (Phi) is 5.91. The zero-order valence-electron chi connectivity index (χ0n) is 14.5. The minimum Gasteiger partial charge on any atom is -0.490 e. The van der Waals surface area contributed by atoms with Crippen LogP contribution in [0.2, 0.25) is 5.02 Å². The zero-order chi connectivity index (χ0) is 19.0. The molecule has 0 bridgehead atoms. The molecule has 0 saturated carbocycles. The van der Waals surface area contributed by atoms with Crippen molar-refractivity contribution >= 4 is 61.0 Å². The van der Waals surface area contributed by atoms with Crippen molar-refractivity contribution in [1.29, 1.82) is 0 Å². The van der Waals surface area contributed by atoms with Crippen LogP contribution < -0.4 is 4.74 Å². The summed E-state index contributed by atoms with van der Waals surface area (Å²) in [6, 6.07) is 11.4. The molecule has 0 N–H and O–H groups in total. The van der Waals surface area contributed by atoms with Gasteiger partial charge in [0, 0.05) is 20.9 Å². The maximum Gasteiger partial charge on any atom is 0.187 e. The largest absolute Gasteiger partial charge is 0.490 e. The van der Waals surface area contributed by atoms with E-state index in [1.807, 2.05) is 36.4 Å². The van der Waals surface area contributed by atoms with Crippen LogP contribution in [0.5, 0.6) is 5.75 Å². The molecule has 0 aromatic heterocycles. The molecular formula is C20H18Br2ClNO2S. The Morgan fingerprint density at radius 3 is 2.56 bits per heavy atom. The Morgan fingerprint density at radius 1 is 1.15 bits per heavy atom. The van der Waals surface area contributed by atoms with E-state index in [1.165, 1.54) is 12.8 Å². The van der Waals surface area contributed by atoms with E-state index in [0.29, 0.717) is 29.5 Å². The second-order valence-electron chi connectivity index (χ2n) is 6.92. The van der Waals surface area contributed by atoms with Gasteiger partial charge in [-0.15, -0.1) is 11.8 Å². The molecule has 142 valence electrons. The van der Waals surface area contributed by atoms with E-state index >= 15 is 0 Å². The summed E-state index contributed by atoms with van der Waals surface area (Å²) in [5.41, 5.74) is 0.628. The molecule has 1 unspecified atom stereocenters. The van der Waals surface area contributed by atoms with E-state index < -0.39 is 4.75 Å². The highest BCUT2D eigenvalue weighted by atomic mass is 79.9. The molecule has 7 heteroatoms. The minimum absolute atomic E-state index is 0.123. The third kappa shape index (κ3) is 4.10. The first-order chi connectivity index (χ1) is 13.0. The lowest BCUT2D eigenvalue weighted by Crippen LogP contribution is -2.52. The van der Waals surface area contributed by atoms with Crippen LogP contribution in [0, 0.1) is 0 Å². The number of likely N-dealkylation sites (tertiary alicyclic amines) is 1. The molecule has 27 heavy (non-hydrogen) atoms. The van der Waals surface area contributed by atoms with Gasteiger partial charge in [0.2, 0.25) is 0 Å². The van der Waals surface area contributed by atoms with Crippen molar-refractivity contribution < 1.29 is 9.53 Å². The molecule has 2 aromatic rings. The van der Waals surface area contributed by atoms with Gasteiger partial charge in [-0.25, -0.2) is 0 Å². The Morgan fingerprint density at radius 2 is 1.85 bits per heavy atom. The first-order valence-corrected chi connectivity index (χ1v) is 11.6. The van der Waals surface area contributed by atoms with Crippen molar-refractivity contribution in [1.82, 2.24) is 4.90 Å². The number of benzene rings is 2. The van der Waals surface area contributed by atoms with Crippen molar-refractivity contribution in [3.05, 3.63) is 55.9 Å². The molecule has 2 heterocycles. The fourth-order valence-electron chi connectivity index (χ4n) is 3.63. The van der Waals surface area contributed by atoms with Gasteiger partial charge in [0.05, 0.1) is 10.0 Å². The molecule has 2 aromatic carbocycles. The van der Waals surface area contributed by atoms with Crippen LogP contribution in [0.25, 0.3) is 0 Å². The highest BCUT2D eigenvalue weighted by Crippen LogP contribution is 2.45. The molecule has 1 saturated heterocycles. The van der Waals surface area contributed by atoms with Crippen LogP contribution in [0.15, 0.2) is 50.2 Å². The molecule has 2 aliphatic rings. The quantitative estimate of drug-likeness (QED) is 0.479. The topological polar surface area (TPSA) is 29.5 Å². The standard InChI is InChI=1S/C20H18Br2ClNO2S/c21-13-9-16-18(17(22)10-13)26-12-20(19(16)25,11-24-7-1-2-8-24)27-15-5-3-14(23)4-6-15/h3-6,9-10H,1-2,7-8,11-12H2. The van der Waals surface area contributed by atoms with Gasteiger partial charge in [0.25, 0.3) is 0 Å². The van der Waals surface area contributed by atoms with Crippen LogP contribution in [0.4, 0.5) is 0 Å². The monoisotopic (exact) mass is 529 g/mol. The van der Waals surface area contributed by atoms with Gasteiger partial charge in [0.1, 0.15) is 17.1 Å². The summed E-state index contributed by atoms with van der Waals surface area (Å²) in [4.78, 5) is 17.1. The fourth-order valence-corrected chi connectivity index (χ4v) is 6.39. The number of ketones is 1. The third-order valence-corrected chi connectivity index (χ3v) is 7.55. The van der Waals surface area contributed by atoms with Crippen LogP contribution in [-0.2, 0) is 0 Å². The van der Waals surface area contributed by atoms with Crippen LogP contribution in [0.3, 0.4) is 0 Å². The second-order valence-corrected chi connectivity index (χ2v) is 10.6. The van der Waals surface area contributed by atoms with Gasteiger partial charge < -0.3 is 9.64 Å². The predicted molar refractivity (Wildman–Crippen MR) is 117 cm³/mol. The van der Waals surface area contributed by atoms with E-state index in [9.17, 15) is 4.79 Å². The number of hydrogen-bond donors (Lipinski definition) is 0. The molecule has 1 fully saturated rings. The van der Waals surface area contributed by atoms with Gasteiger partial charge in [-0.1, -0.05) is 27.5 Å². The molecule has 2 aliphatic heterocycles. The number of nitrogens with zero attached hydrogens (tertiary/aromatic N) is 1. The molecule has 0 amide bonds. The summed E-state index contributed by atoms with van der Waals surface area (Å²) in [5, 5.41) is 0.692. The Hall–Kier alpha value is -0.530. The molecule has 3 nitrogen and oxygen atoms in total. The normalized spacial score (nSPS) is 22.6. The third-order valence-electron chi connectivity index (χ3n) is 4.92. The number of ether oxygens (including phenoxy) is 1. The smallest absolute Gasteiger partial charge is 0.187 e. The maximum absolute atomic E-state index is 13.7. The zero-order valence-corrected chi connectivity index (χ0v) is 19.3. The minimum atomic E-state index is -0.675. The van der Waals surface area contributed by atoms with E-state index in [0.717, 1.165) is 26.9 Å². The van der Waals surface area contributed by atoms with Gasteiger partial charge in [-0.05, 0) is 78.3 Å². The van der Waals surface area contributed by atoms with Crippen molar-refractivity contribution in [2.75, 3.05) is 26.2 Å². The number of halogens is 3. The summed E-state index contributed by atoms with van der Waals surface area (Å²) in [6.45, 7) is 3.10. The molecular weight excluding hydrogens is 514 g/mol. The highest BCUT2D eigenvalue weighted by molar-refractivity contribution is 9.11. The first-order valence-electron chi connectivity index (χ1n) is 8.80. The van der Waals surface area contributed by atoms with E-state index in [1.54, 1.807) is 11.8 Å². The van der Waals surface area contributed by atoms with E-state index in [2.05, 4.69) is 36.8 Å². The first kappa shape index (κ1) is 19.8. The van der Waals surface area contributed by atoms with Gasteiger partial charge in [0.15, 0.2) is 5.78 Å². The summed E-state index contributed by atoms with van der Waals surface area (Å²) in [6.07, 6.45) is 2.37. The number of carbonyl (C=O) groups excluding carboxylic acids is 1. The average molecular weight is 532 g/mol. The lowest BCUT2D eigenvalue weighted by atomic mass is 9.93. The summed E-state index contributed by atoms with van der Waals surface area (Å²) in [7, 11) is 0. The number of hydrogen-bond acceptors (Lipinski definition) is 4. The number of carbonyl (C=O) groups is 1. The molecule has 0 spiro atoms. The number of fused-ring (bicyclic) bond motifs is 1. The molecule has 0 aliphatic carbocycles. The average Bonchev–Trinajstić information content (AvgIpc) is 3.13. The number of Topliss-reactive ketones (excluding diaryl/α,β-unsaturated/α-hetero) is 1. The Balaban J connectivity index is 1.73. The lowest BCUT2D eigenvalue weighted by Gasteiger charge is -2.38. The predicted octanol–water partition coefficient (Wildman–Crippen LogP) is 6.07. The van der Waals surface area contributed by atoms with E-state index in [-0.39, 0.29) is 5.78 Å². The van der Waals surface area contributed by atoms with Gasteiger partial charge in [-0.2, -0.15) is 0 Å². The van der Waals surface area contributed by atoms with Crippen molar-refractivity contribution in [3.8, 4) is 5.75 Å². The number of thioether (sulfide) groups is 1. The lowest BCUT2D eigenvalue weighted by molar-refractivity contribution is 0.0831. The van der Waals surface area contributed by atoms with Crippen LogP contribution in [-0.4, -0.2) is 41.7 Å².